The van der Waals surface area contributed by atoms with Crippen molar-refractivity contribution < 1.29 is 129 Å². The number of aliphatic carboxylic acids is 1. The van der Waals surface area contributed by atoms with Crippen LogP contribution in [0.25, 0.3) is 0 Å². The molecule has 0 aromatic rings. The summed E-state index contributed by atoms with van der Waals surface area (Å²) in [6.45, 7) is 40.8. The van der Waals surface area contributed by atoms with E-state index >= 15 is 0 Å². The lowest BCUT2D eigenvalue weighted by molar-refractivity contribution is -0.134. The topological polar surface area (TPSA) is 531 Å². The number of carboxylic acid groups (broad SMARTS) is 1. The first kappa shape index (κ1) is 140. The Kier molecular flexibility index (Phi) is 108. The summed E-state index contributed by atoms with van der Waals surface area (Å²) in [5, 5.41) is 18.7. The van der Waals surface area contributed by atoms with Gasteiger partial charge in [0.25, 0.3) is 5.97 Å². The summed E-state index contributed by atoms with van der Waals surface area (Å²) in [5.74, 6) is -1.27. The minimum Gasteiger partial charge on any atom is -0.481 e. The number of nitrogens with one attached hydrogen (secondary N) is 4. The van der Waals surface area contributed by atoms with Crippen molar-refractivity contribution in [2.75, 3.05) is 263 Å². The summed E-state index contributed by atoms with van der Waals surface area (Å²) in [4.78, 5) is 168. The average molecular weight is 1990 g/mol. The van der Waals surface area contributed by atoms with Crippen LogP contribution in [0.2, 0.25) is 0 Å². The molecule has 0 radical (unpaired) electrons. The number of halogens is 1. The van der Waals surface area contributed by atoms with Crippen LogP contribution in [-0.2, 0) is 80.8 Å². The highest BCUT2D eigenvalue weighted by Crippen LogP contribution is 2.09. The van der Waals surface area contributed by atoms with E-state index in [1.165, 1.54) is 9.80 Å². The van der Waals surface area contributed by atoms with Gasteiger partial charge in [-0.15, -0.1) is 0 Å². The zero-order valence-corrected chi connectivity index (χ0v) is 87.2. The van der Waals surface area contributed by atoms with Crippen LogP contribution >= 0.6 is 0 Å². The zero-order valence-electron chi connectivity index (χ0n) is 87.2. The van der Waals surface area contributed by atoms with Crippen molar-refractivity contribution in [3.63, 3.8) is 0 Å². The zero-order chi connectivity index (χ0) is 103. The van der Waals surface area contributed by atoms with Crippen LogP contribution in [0, 0.1) is 0 Å². The predicted octanol–water partition coefficient (Wildman–Crippen LogP) is 11.6. The number of rotatable bonds is 81. The second-order valence-corrected chi connectivity index (χ2v) is 31.9. The number of unbranched alkanes of at least 4 members (excludes halogenated alkanes) is 9. The normalized spacial score (nSPS) is 10.4. The summed E-state index contributed by atoms with van der Waals surface area (Å²) in [7, 11) is 0. The quantitative estimate of drug-likeness (QED) is 0.0202. The number of nitrogens with two attached hydrogens (primary N) is 4. The number of nitrogens with zero attached hydrogens (tertiary/aromatic N) is 8. The van der Waals surface area contributed by atoms with Crippen LogP contribution in [0.3, 0.4) is 0 Å². The summed E-state index contributed by atoms with van der Waals surface area (Å²) >= 11 is 0. The van der Waals surface area contributed by atoms with Crippen LogP contribution < -0.4 is 44.2 Å². The largest absolute Gasteiger partial charge is 0.481 e. The van der Waals surface area contributed by atoms with Gasteiger partial charge in [0.2, 0.25) is 23.6 Å². The molecule has 0 rings (SSSR count). The van der Waals surface area contributed by atoms with Crippen LogP contribution in [0.1, 0.15) is 276 Å². The van der Waals surface area contributed by atoms with Crippen LogP contribution in [0.5, 0.6) is 0 Å². The van der Waals surface area contributed by atoms with Crippen molar-refractivity contribution >= 4 is 78.3 Å². The smallest absolute Gasteiger partial charge is 0.409 e. The predicted molar refractivity (Wildman–Crippen MR) is 533 cm³/mol. The summed E-state index contributed by atoms with van der Waals surface area (Å²) < 4.78 is 63.4. The summed E-state index contributed by atoms with van der Waals surface area (Å²) in [5.41, 5.74) is 22.1. The van der Waals surface area contributed by atoms with Gasteiger partial charge in [0.1, 0.15) is 52.9 Å². The van der Waals surface area contributed by atoms with E-state index < -0.39 is 18.2 Å². The Labute approximate surface area is 826 Å². The van der Waals surface area contributed by atoms with Gasteiger partial charge < -0.3 is 145 Å². The van der Waals surface area contributed by atoms with E-state index in [1.54, 1.807) is 29.4 Å². The Morgan fingerprint density at radius 1 is 0.210 bits per heavy atom. The molecule has 43 heteroatoms. The molecule has 138 heavy (non-hydrogen) atoms. The molecule has 0 atom stereocenters. The molecule has 0 aliphatic carbocycles. The van der Waals surface area contributed by atoms with Crippen molar-refractivity contribution in [1.29, 1.82) is 0 Å². The van der Waals surface area contributed by atoms with Gasteiger partial charge in [-0.05, 0) is 155 Å². The Balaban J connectivity index is -0.000000453. The third kappa shape index (κ3) is 92.2. The standard InChI is InChI=1S/C39H78N10O9.3C18H36N2O5.C2H4O2.FH/c40-18-10-2-1-6-14-34(50)44-22-26-48(27-23-45-35(51)15-7-3-11-19-41)38(54)57-32-30-56-31-33-58-39(55)49(28-24-46-36(52)16-8-4-12-20-42)29-25-47-37(53)17-9-5-13-21-43;3*1-5-9-19(10-6-2)17(21)24-15-13-23-14-16-25-18(22)20(11-7-3)12-8-4;1-2(3)4;/h1-33,40-43H2,(H,44,50)(H,45,51)(H,46,52)(H,47,53);3*5-16H2,1-4H3;1H3,(H,3,4);1H. The van der Waals surface area contributed by atoms with Gasteiger partial charge in [-0.25, -0.2) is 38.4 Å². The Hall–Kier alpha value is -8.88. The van der Waals surface area contributed by atoms with Crippen LogP contribution in [0.4, 0.5) is 43.1 Å². The molecule has 0 aromatic heterocycles. The first-order valence-electron chi connectivity index (χ1n) is 50.9. The molecule has 0 aliphatic heterocycles. The highest BCUT2D eigenvalue weighted by molar-refractivity contribution is 5.78. The third-order valence-corrected chi connectivity index (χ3v) is 19.1. The SMILES string of the molecule is CC(=O)O.CCCN(CCC)C(=O)OCCOCCOC(=O)N(CCC)CCC.CCCN(CCC)C(=O)OCCOCCOC(=O)N(CCC)CCC.CCCN(CCC)C(=O)OCCOCCOC(=O)N(CCC)CCC.F.NCCCCCCC(=O)NCCN(CCNC(=O)CCCCCN)C(=O)OCCOCCOC(=O)N(CCNC(=O)CCCCCN)CCNC(=O)CCCCCN. The number of carbonyl (C=O) groups excluding carboxylic acids is 12. The van der Waals surface area contributed by atoms with E-state index in [0.717, 1.165) is 167 Å². The maximum absolute atomic E-state index is 12.9. The van der Waals surface area contributed by atoms with E-state index in [4.69, 9.17) is 89.7 Å². The van der Waals surface area contributed by atoms with Crippen LogP contribution in [0.15, 0.2) is 0 Å². The molecule has 0 aliphatic rings. The molecule has 0 heterocycles. The van der Waals surface area contributed by atoms with Gasteiger partial charge in [0, 0.05) is 164 Å². The number of hydrogen-bond acceptors (Lipinski definition) is 29. The van der Waals surface area contributed by atoms with Gasteiger partial charge in [0.15, 0.2) is 0 Å². The van der Waals surface area contributed by atoms with Gasteiger partial charge >= 0.3 is 48.7 Å². The molecule has 42 nitrogen and oxygen atoms in total. The Morgan fingerprint density at radius 2 is 0.333 bits per heavy atom. The monoisotopic (exact) mass is 1990 g/mol. The first-order chi connectivity index (χ1) is 66.2. The second-order valence-electron chi connectivity index (χ2n) is 31.9. The third-order valence-electron chi connectivity index (χ3n) is 19.1. The molecular weight excluding hydrogens is 1800 g/mol. The summed E-state index contributed by atoms with van der Waals surface area (Å²) in [6, 6.07) is 0. The Morgan fingerprint density at radius 3 is 0.464 bits per heavy atom. The first-order valence-corrected chi connectivity index (χ1v) is 50.9. The highest BCUT2D eigenvalue weighted by Gasteiger charge is 2.22. The fourth-order valence-corrected chi connectivity index (χ4v) is 12.5. The van der Waals surface area contributed by atoms with Crippen molar-refractivity contribution in [2.24, 2.45) is 22.9 Å². The van der Waals surface area contributed by atoms with Gasteiger partial charge in [-0.3, -0.25) is 28.7 Å². The number of carbonyl (C=O) groups is 13. The van der Waals surface area contributed by atoms with Gasteiger partial charge in [0.05, 0.1) is 52.9 Å². The number of hydrogen-bond donors (Lipinski definition) is 9. The molecule has 12 amide bonds. The molecule has 0 fully saturated rings. The molecule has 0 bridgehead atoms. The molecule has 0 spiro atoms. The van der Waals surface area contributed by atoms with Gasteiger partial charge in [-0.1, -0.05) is 115 Å². The molecule has 0 saturated carbocycles. The maximum atomic E-state index is 12.9. The van der Waals surface area contributed by atoms with Crippen molar-refractivity contribution in [2.45, 2.75) is 276 Å². The second kappa shape index (κ2) is 107. The number of carboxylic acids is 1. The van der Waals surface area contributed by atoms with E-state index in [-0.39, 0.29) is 183 Å². The molecule has 0 saturated heterocycles. The molecule has 13 N–H and O–H groups in total. The minimum absolute atomic E-state index is 0. The van der Waals surface area contributed by atoms with Crippen LogP contribution in [-0.4, -0.2) is 385 Å². The van der Waals surface area contributed by atoms with Gasteiger partial charge in [-0.2, -0.15) is 0 Å². The lowest BCUT2D eigenvalue weighted by Gasteiger charge is -2.23. The van der Waals surface area contributed by atoms with Crippen molar-refractivity contribution in [1.82, 2.24) is 60.5 Å². The molecule has 0 unspecified atom stereocenters. The highest BCUT2D eigenvalue weighted by atomic mass is 19.0. The minimum atomic E-state index is -0.833. The number of amides is 12. The van der Waals surface area contributed by atoms with E-state index in [0.29, 0.717) is 170 Å². The average Bonchev–Trinajstić information content (AvgIpc) is 0.915. The number of ether oxygens (including phenoxy) is 12. The fraction of sp³-hybridized carbons (Fsp3) is 0.863. The summed E-state index contributed by atoms with van der Waals surface area (Å²) in [6.07, 6.45) is 20.3. The lowest BCUT2D eigenvalue weighted by Crippen LogP contribution is -2.43. The maximum Gasteiger partial charge on any atom is 0.409 e. The van der Waals surface area contributed by atoms with Crippen molar-refractivity contribution in [3.8, 4) is 0 Å². The van der Waals surface area contributed by atoms with Crippen molar-refractivity contribution in [3.05, 3.63) is 0 Å². The molecule has 0 aromatic carbocycles. The molecular formula is C95H191FN16O26. The Bertz CT molecular complexity index is 2620. The lowest BCUT2D eigenvalue weighted by atomic mass is 10.1. The van der Waals surface area contributed by atoms with E-state index in [1.807, 2.05) is 83.1 Å². The van der Waals surface area contributed by atoms with E-state index in [9.17, 15) is 57.5 Å². The fourth-order valence-electron chi connectivity index (χ4n) is 12.5. The molecule has 814 valence electrons. The van der Waals surface area contributed by atoms with E-state index in [2.05, 4.69) is 21.3 Å².